The summed E-state index contributed by atoms with van der Waals surface area (Å²) in [5.74, 6) is 1.52. The lowest BCUT2D eigenvalue weighted by Gasteiger charge is -2.31. The van der Waals surface area contributed by atoms with Crippen molar-refractivity contribution in [1.29, 1.82) is 0 Å². The third-order valence-corrected chi connectivity index (χ3v) is 3.51. The highest BCUT2D eigenvalue weighted by Gasteiger charge is 2.25. The van der Waals surface area contributed by atoms with Crippen LogP contribution in [0.2, 0.25) is 0 Å². The number of nitrogens with two attached hydrogens (primary N) is 1. The normalized spacial score (nSPS) is 26.5. The van der Waals surface area contributed by atoms with E-state index in [1.54, 1.807) is 6.07 Å². The molecule has 1 aromatic rings. The molecule has 1 aliphatic rings. The van der Waals surface area contributed by atoms with Gasteiger partial charge in [0.1, 0.15) is 5.75 Å². The van der Waals surface area contributed by atoms with Gasteiger partial charge in [-0.05, 0) is 48.9 Å². The van der Waals surface area contributed by atoms with Crippen molar-refractivity contribution < 1.29 is 5.11 Å². The largest absolute Gasteiger partial charge is 0.508 e. The van der Waals surface area contributed by atoms with E-state index in [-0.39, 0.29) is 0 Å². The van der Waals surface area contributed by atoms with Gasteiger partial charge in [0, 0.05) is 0 Å². The number of rotatable bonds is 2. The Balaban J connectivity index is 2.20. The van der Waals surface area contributed by atoms with E-state index >= 15 is 0 Å². The molecule has 1 aromatic carbocycles. The topological polar surface area (TPSA) is 46.2 Å². The minimum atomic E-state index is 0.369. The summed E-state index contributed by atoms with van der Waals surface area (Å²) in [7, 11) is 0. The highest BCUT2D eigenvalue weighted by Crippen LogP contribution is 2.37. The summed E-state index contributed by atoms with van der Waals surface area (Å²) in [4.78, 5) is 0. The zero-order valence-electron chi connectivity index (χ0n) is 9.02. The van der Waals surface area contributed by atoms with Gasteiger partial charge in [0.25, 0.3) is 0 Å². The van der Waals surface area contributed by atoms with Gasteiger partial charge < -0.3 is 10.8 Å². The van der Waals surface area contributed by atoms with Crippen molar-refractivity contribution >= 4 is 0 Å². The van der Waals surface area contributed by atoms with Crippen molar-refractivity contribution in [2.75, 3.05) is 6.54 Å². The molecule has 0 bridgehead atoms. The molecule has 2 nitrogen and oxygen atoms in total. The third kappa shape index (κ3) is 2.32. The molecule has 0 saturated heterocycles. The SMILES string of the molecule is NC[C@@H]1CCCC[C@H]1c1cccc(O)c1. The first-order chi connectivity index (χ1) is 7.31. The average molecular weight is 205 g/mol. The van der Waals surface area contributed by atoms with Crippen LogP contribution in [0.25, 0.3) is 0 Å². The van der Waals surface area contributed by atoms with E-state index in [9.17, 15) is 5.11 Å². The molecular formula is C13H19NO. The van der Waals surface area contributed by atoms with E-state index in [0.29, 0.717) is 17.6 Å². The molecule has 2 atom stereocenters. The van der Waals surface area contributed by atoms with Crippen LogP contribution in [0, 0.1) is 5.92 Å². The van der Waals surface area contributed by atoms with Crippen LogP contribution in [-0.2, 0) is 0 Å². The summed E-state index contributed by atoms with van der Waals surface area (Å²) in [5, 5.41) is 9.47. The van der Waals surface area contributed by atoms with E-state index in [1.165, 1.54) is 31.2 Å². The van der Waals surface area contributed by atoms with Crippen molar-refractivity contribution in [2.24, 2.45) is 11.7 Å². The van der Waals surface area contributed by atoms with Gasteiger partial charge in [-0.25, -0.2) is 0 Å². The van der Waals surface area contributed by atoms with Crippen LogP contribution in [0.3, 0.4) is 0 Å². The van der Waals surface area contributed by atoms with Gasteiger partial charge in [0.15, 0.2) is 0 Å². The monoisotopic (exact) mass is 205 g/mol. The molecule has 0 heterocycles. The van der Waals surface area contributed by atoms with Gasteiger partial charge in [-0.15, -0.1) is 0 Å². The Hall–Kier alpha value is -1.02. The minimum absolute atomic E-state index is 0.369. The molecule has 1 saturated carbocycles. The van der Waals surface area contributed by atoms with Gasteiger partial charge >= 0.3 is 0 Å². The number of hydrogen-bond donors (Lipinski definition) is 2. The van der Waals surface area contributed by atoms with Crippen LogP contribution in [-0.4, -0.2) is 11.7 Å². The first-order valence-corrected chi connectivity index (χ1v) is 5.80. The van der Waals surface area contributed by atoms with Crippen LogP contribution in [0.15, 0.2) is 24.3 Å². The maximum absolute atomic E-state index is 9.47. The molecule has 2 rings (SSSR count). The lowest BCUT2D eigenvalue weighted by Crippen LogP contribution is -2.25. The summed E-state index contributed by atoms with van der Waals surface area (Å²) in [6.07, 6.45) is 5.04. The van der Waals surface area contributed by atoms with Gasteiger partial charge in [-0.2, -0.15) is 0 Å². The molecule has 82 valence electrons. The van der Waals surface area contributed by atoms with Gasteiger partial charge in [0.05, 0.1) is 0 Å². The maximum atomic E-state index is 9.47. The van der Waals surface area contributed by atoms with Crippen molar-refractivity contribution in [3.63, 3.8) is 0 Å². The second-order valence-electron chi connectivity index (χ2n) is 4.48. The number of phenolic OH excluding ortho intramolecular Hbond substituents is 1. The fourth-order valence-corrected chi connectivity index (χ4v) is 2.68. The molecular weight excluding hydrogens is 186 g/mol. The van der Waals surface area contributed by atoms with Crippen LogP contribution in [0.4, 0.5) is 0 Å². The molecule has 1 fully saturated rings. The van der Waals surface area contributed by atoms with E-state index in [2.05, 4.69) is 6.07 Å². The fourth-order valence-electron chi connectivity index (χ4n) is 2.68. The van der Waals surface area contributed by atoms with Crippen LogP contribution in [0.1, 0.15) is 37.2 Å². The number of phenols is 1. The molecule has 15 heavy (non-hydrogen) atoms. The van der Waals surface area contributed by atoms with Crippen LogP contribution in [0.5, 0.6) is 5.75 Å². The number of aromatic hydroxyl groups is 1. The smallest absolute Gasteiger partial charge is 0.115 e. The third-order valence-electron chi connectivity index (χ3n) is 3.51. The molecule has 0 aromatic heterocycles. The van der Waals surface area contributed by atoms with Crippen LogP contribution < -0.4 is 5.73 Å². The summed E-state index contributed by atoms with van der Waals surface area (Å²) in [5.41, 5.74) is 7.06. The Morgan fingerprint density at radius 2 is 2.07 bits per heavy atom. The molecule has 0 unspecified atom stereocenters. The molecule has 0 amide bonds. The summed E-state index contributed by atoms with van der Waals surface area (Å²) < 4.78 is 0. The van der Waals surface area contributed by atoms with Gasteiger partial charge in [-0.3, -0.25) is 0 Å². The summed E-state index contributed by atoms with van der Waals surface area (Å²) in [6, 6.07) is 7.65. The second-order valence-corrected chi connectivity index (χ2v) is 4.48. The summed E-state index contributed by atoms with van der Waals surface area (Å²) in [6.45, 7) is 0.764. The van der Waals surface area contributed by atoms with Crippen molar-refractivity contribution in [1.82, 2.24) is 0 Å². The quantitative estimate of drug-likeness (QED) is 0.779. The Labute approximate surface area is 91.1 Å². The Bertz CT molecular complexity index is 324. The molecule has 0 radical (unpaired) electrons. The van der Waals surface area contributed by atoms with Gasteiger partial charge in [0.2, 0.25) is 0 Å². The highest BCUT2D eigenvalue weighted by atomic mass is 16.3. The Morgan fingerprint density at radius 3 is 2.80 bits per heavy atom. The first-order valence-electron chi connectivity index (χ1n) is 5.80. The molecule has 3 N–H and O–H groups in total. The van der Waals surface area contributed by atoms with Crippen molar-refractivity contribution in [3.05, 3.63) is 29.8 Å². The molecule has 0 aliphatic heterocycles. The Morgan fingerprint density at radius 1 is 1.27 bits per heavy atom. The predicted octanol–water partition coefficient (Wildman–Crippen LogP) is 2.62. The number of hydrogen-bond acceptors (Lipinski definition) is 2. The Kier molecular flexibility index (Phi) is 3.27. The van der Waals surface area contributed by atoms with E-state index in [4.69, 9.17) is 5.73 Å². The van der Waals surface area contributed by atoms with E-state index in [0.717, 1.165) is 6.54 Å². The standard InChI is InChI=1S/C13H19NO/c14-9-11-4-1-2-7-13(11)10-5-3-6-12(15)8-10/h3,5-6,8,11,13,15H,1-2,4,7,9,14H2/t11-,13-/m0/s1. The minimum Gasteiger partial charge on any atom is -0.508 e. The van der Waals surface area contributed by atoms with Crippen molar-refractivity contribution in [3.8, 4) is 5.75 Å². The van der Waals surface area contributed by atoms with Gasteiger partial charge in [-0.1, -0.05) is 25.0 Å². The van der Waals surface area contributed by atoms with E-state index in [1.807, 2.05) is 12.1 Å². The molecule has 1 aliphatic carbocycles. The lowest BCUT2D eigenvalue weighted by molar-refractivity contribution is 0.313. The molecule has 0 spiro atoms. The maximum Gasteiger partial charge on any atom is 0.115 e. The average Bonchev–Trinajstić information content (AvgIpc) is 2.29. The number of benzene rings is 1. The highest BCUT2D eigenvalue weighted by molar-refractivity contribution is 5.30. The van der Waals surface area contributed by atoms with E-state index < -0.39 is 0 Å². The predicted molar refractivity (Wildman–Crippen MR) is 61.9 cm³/mol. The summed E-state index contributed by atoms with van der Waals surface area (Å²) >= 11 is 0. The zero-order chi connectivity index (χ0) is 10.7. The fraction of sp³-hybridized carbons (Fsp3) is 0.538. The zero-order valence-corrected chi connectivity index (χ0v) is 9.02. The first kappa shape index (κ1) is 10.5. The molecule has 2 heteroatoms. The lowest BCUT2D eigenvalue weighted by atomic mass is 9.75. The van der Waals surface area contributed by atoms with Crippen LogP contribution >= 0.6 is 0 Å². The second kappa shape index (κ2) is 4.67. The van der Waals surface area contributed by atoms with Crippen molar-refractivity contribution in [2.45, 2.75) is 31.6 Å².